The summed E-state index contributed by atoms with van der Waals surface area (Å²) in [4.78, 5) is 19.1. The van der Waals surface area contributed by atoms with Gasteiger partial charge in [0.1, 0.15) is 11.4 Å². The van der Waals surface area contributed by atoms with Crippen LogP contribution in [-0.4, -0.2) is 35.6 Å². The van der Waals surface area contributed by atoms with Crippen molar-refractivity contribution >= 4 is 11.7 Å². The van der Waals surface area contributed by atoms with Crippen LogP contribution >= 0.6 is 0 Å². The maximum Gasteiger partial charge on any atom is 0.255 e. The third kappa shape index (κ3) is 3.57. The number of carbonyl (C=O) groups is 1. The molecule has 0 bridgehead atoms. The molecule has 2 aromatic rings. The maximum absolute atomic E-state index is 12.6. The smallest absolute Gasteiger partial charge is 0.255 e. The zero-order valence-electron chi connectivity index (χ0n) is 13.9. The Morgan fingerprint density at radius 3 is 2.62 bits per heavy atom. The second-order valence-corrected chi connectivity index (χ2v) is 6.39. The van der Waals surface area contributed by atoms with Crippen LogP contribution in [0.15, 0.2) is 48.7 Å². The van der Waals surface area contributed by atoms with Gasteiger partial charge in [-0.15, -0.1) is 0 Å². The van der Waals surface area contributed by atoms with Gasteiger partial charge in [-0.2, -0.15) is 0 Å². The Labute approximate surface area is 142 Å². The fraction of sp³-hybridized carbons (Fsp3) is 0.368. The summed E-state index contributed by atoms with van der Waals surface area (Å²) >= 11 is 0. The molecule has 5 heteroatoms. The number of hydrogen-bond donors (Lipinski definition) is 2. The lowest BCUT2D eigenvalue weighted by Gasteiger charge is -2.25. The Balaban J connectivity index is 1.72. The van der Waals surface area contributed by atoms with Crippen LogP contribution < -0.4 is 10.2 Å². The summed E-state index contributed by atoms with van der Waals surface area (Å²) in [6.45, 7) is 3.70. The first-order valence-corrected chi connectivity index (χ1v) is 8.34. The Kier molecular flexibility index (Phi) is 4.81. The van der Waals surface area contributed by atoms with Crippen molar-refractivity contribution in [3.05, 3.63) is 59.8 Å². The topological polar surface area (TPSA) is 65.5 Å². The van der Waals surface area contributed by atoms with Gasteiger partial charge < -0.3 is 15.3 Å². The van der Waals surface area contributed by atoms with Crippen molar-refractivity contribution in [3.8, 4) is 0 Å². The average Bonchev–Trinajstić information content (AvgIpc) is 3.15. The molecule has 0 saturated carbocycles. The number of aliphatic hydroxyl groups is 1. The molecule has 1 saturated heterocycles. The van der Waals surface area contributed by atoms with Gasteiger partial charge in [-0.1, -0.05) is 30.3 Å². The first-order valence-electron chi connectivity index (χ1n) is 8.34. The molecule has 24 heavy (non-hydrogen) atoms. The largest absolute Gasteiger partial charge is 0.384 e. The van der Waals surface area contributed by atoms with Crippen LogP contribution in [0, 0.1) is 0 Å². The van der Waals surface area contributed by atoms with Gasteiger partial charge >= 0.3 is 0 Å². The first kappa shape index (κ1) is 16.5. The minimum atomic E-state index is -1.12. The van der Waals surface area contributed by atoms with Gasteiger partial charge in [-0.05, 0) is 37.5 Å². The molecule has 1 atom stereocenters. The number of rotatable bonds is 5. The number of aromatic nitrogens is 1. The van der Waals surface area contributed by atoms with Gasteiger partial charge in [0, 0.05) is 19.3 Å². The quantitative estimate of drug-likeness (QED) is 0.885. The lowest BCUT2D eigenvalue weighted by atomic mass is 9.96. The highest BCUT2D eigenvalue weighted by Crippen LogP contribution is 2.23. The summed E-state index contributed by atoms with van der Waals surface area (Å²) in [7, 11) is 0. The number of benzene rings is 1. The molecule has 2 heterocycles. The number of anilines is 1. The van der Waals surface area contributed by atoms with Gasteiger partial charge in [0.2, 0.25) is 0 Å². The fourth-order valence-electron chi connectivity index (χ4n) is 3.00. The third-order valence-corrected chi connectivity index (χ3v) is 4.43. The van der Waals surface area contributed by atoms with Crippen LogP contribution in [-0.2, 0) is 5.60 Å². The summed E-state index contributed by atoms with van der Waals surface area (Å²) in [5.74, 6) is 0.521. The Morgan fingerprint density at radius 1 is 1.21 bits per heavy atom. The molecule has 0 radical (unpaired) electrons. The predicted octanol–water partition coefficient (Wildman–Crippen LogP) is 2.32. The Morgan fingerprint density at radius 2 is 1.92 bits per heavy atom. The molecule has 126 valence electrons. The van der Waals surface area contributed by atoms with Gasteiger partial charge in [0.25, 0.3) is 5.91 Å². The number of pyridine rings is 1. The maximum atomic E-state index is 12.6. The van der Waals surface area contributed by atoms with E-state index in [9.17, 15) is 9.90 Å². The molecule has 0 spiro atoms. The van der Waals surface area contributed by atoms with Crippen molar-refractivity contribution in [2.24, 2.45) is 0 Å². The van der Waals surface area contributed by atoms with Crippen molar-refractivity contribution in [2.75, 3.05) is 24.5 Å². The fourth-order valence-corrected chi connectivity index (χ4v) is 3.00. The average molecular weight is 325 g/mol. The highest BCUT2D eigenvalue weighted by atomic mass is 16.3. The van der Waals surface area contributed by atoms with Crippen LogP contribution in [0.3, 0.4) is 0 Å². The van der Waals surface area contributed by atoms with E-state index in [1.54, 1.807) is 25.3 Å². The van der Waals surface area contributed by atoms with Crippen molar-refractivity contribution in [1.29, 1.82) is 0 Å². The van der Waals surface area contributed by atoms with Gasteiger partial charge in [0.15, 0.2) is 0 Å². The van der Waals surface area contributed by atoms with Gasteiger partial charge in [-0.3, -0.25) is 4.79 Å². The lowest BCUT2D eigenvalue weighted by Crippen LogP contribution is -2.39. The predicted molar refractivity (Wildman–Crippen MR) is 94.0 cm³/mol. The zero-order valence-corrected chi connectivity index (χ0v) is 13.9. The number of nitrogens with one attached hydrogen (secondary N) is 1. The molecule has 3 rings (SSSR count). The molecule has 1 unspecified atom stereocenters. The minimum Gasteiger partial charge on any atom is -0.384 e. The van der Waals surface area contributed by atoms with Crippen LogP contribution in [0.5, 0.6) is 0 Å². The van der Waals surface area contributed by atoms with Gasteiger partial charge in [0.05, 0.1) is 12.1 Å². The summed E-state index contributed by atoms with van der Waals surface area (Å²) in [5, 5.41) is 13.5. The summed E-state index contributed by atoms with van der Waals surface area (Å²) in [6.07, 6.45) is 3.96. The number of nitrogens with zero attached hydrogens (tertiary/aromatic N) is 2. The molecule has 1 aliphatic rings. The van der Waals surface area contributed by atoms with Crippen LogP contribution in [0.4, 0.5) is 5.82 Å². The normalized spacial score (nSPS) is 16.7. The Hall–Kier alpha value is -2.40. The molecule has 1 fully saturated rings. The highest BCUT2D eigenvalue weighted by Gasteiger charge is 2.25. The summed E-state index contributed by atoms with van der Waals surface area (Å²) < 4.78 is 0. The van der Waals surface area contributed by atoms with E-state index in [-0.39, 0.29) is 12.5 Å². The van der Waals surface area contributed by atoms with Crippen molar-refractivity contribution in [2.45, 2.75) is 25.4 Å². The second-order valence-electron chi connectivity index (χ2n) is 6.39. The van der Waals surface area contributed by atoms with Gasteiger partial charge in [-0.25, -0.2) is 4.98 Å². The summed E-state index contributed by atoms with van der Waals surface area (Å²) in [6, 6.07) is 12.9. The van der Waals surface area contributed by atoms with E-state index in [2.05, 4.69) is 15.2 Å². The molecule has 0 aliphatic carbocycles. The van der Waals surface area contributed by atoms with E-state index >= 15 is 0 Å². The van der Waals surface area contributed by atoms with E-state index in [0.717, 1.165) is 37.3 Å². The van der Waals surface area contributed by atoms with Crippen molar-refractivity contribution in [3.63, 3.8) is 0 Å². The minimum absolute atomic E-state index is 0.143. The van der Waals surface area contributed by atoms with Crippen molar-refractivity contribution < 1.29 is 9.90 Å². The molecular formula is C19H23N3O2. The number of amides is 1. The monoisotopic (exact) mass is 325 g/mol. The van der Waals surface area contributed by atoms with Crippen LogP contribution in [0.25, 0.3) is 0 Å². The van der Waals surface area contributed by atoms with Crippen LogP contribution in [0.2, 0.25) is 0 Å². The zero-order chi connectivity index (χ0) is 17.0. The highest BCUT2D eigenvalue weighted by molar-refractivity contribution is 5.99. The van der Waals surface area contributed by atoms with E-state index in [1.807, 2.05) is 30.3 Å². The molecular weight excluding hydrogens is 302 g/mol. The molecule has 1 aliphatic heterocycles. The van der Waals surface area contributed by atoms with Crippen molar-refractivity contribution in [1.82, 2.24) is 10.3 Å². The molecule has 5 nitrogen and oxygen atoms in total. The van der Waals surface area contributed by atoms with E-state index < -0.39 is 5.60 Å². The summed E-state index contributed by atoms with van der Waals surface area (Å²) in [5.41, 5.74) is 0.215. The first-order chi connectivity index (χ1) is 11.6. The standard InChI is InChI=1S/C19H23N3O2/c1-19(24,15-8-3-2-4-9-15)14-21-18(23)16-10-7-11-20-17(16)22-12-5-6-13-22/h2-4,7-11,24H,5-6,12-14H2,1H3,(H,21,23). The van der Waals surface area contributed by atoms with E-state index in [1.165, 1.54) is 0 Å². The number of hydrogen-bond acceptors (Lipinski definition) is 4. The number of carbonyl (C=O) groups excluding carboxylic acids is 1. The lowest BCUT2D eigenvalue weighted by molar-refractivity contribution is 0.0526. The SMILES string of the molecule is CC(O)(CNC(=O)c1cccnc1N1CCCC1)c1ccccc1. The molecule has 2 N–H and O–H groups in total. The Bertz CT molecular complexity index is 695. The second kappa shape index (κ2) is 7.01. The third-order valence-electron chi connectivity index (χ3n) is 4.43. The molecule has 1 amide bonds. The van der Waals surface area contributed by atoms with Crippen LogP contribution in [0.1, 0.15) is 35.7 Å². The molecule has 1 aromatic heterocycles. The van der Waals surface area contributed by atoms with E-state index in [4.69, 9.17) is 0 Å². The van der Waals surface area contributed by atoms with E-state index in [0.29, 0.717) is 5.56 Å². The molecule has 1 aromatic carbocycles.